The zero-order valence-corrected chi connectivity index (χ0v) is 6.63. The lowest BCUT2D eigenvalue weighted by molar-refractivity contribution is -0.153. The van der Waals surface area contributed by atoms with Crippen LogP contribution in [0.5, 0.6) is 0 Å². The highest BCUT2D eigenvalue weighted by Crippen LogP contribution is 1.92. The normalized spacial score (nSPS) is 13.3. The third-order valence-corrected chi connectivity index (χ3v) is 1.20. The Labute approximate surface area is 60.9 Å². The maximum absolute atomic E-state index is 10.6. The summed E-state index contributed by atoms with van der Waals surface area (Å²) in [6.07, 6.45) is -0.198. The molecule has 0 saturated carbocycles. The standard InChI is InChI=1S/C6H14N2O2/c1-5(8(2)3)10-6(9)4-7/h5H,4,7H2,1-3H3. The van der Waals surface area contributed by atoms with E-state index < -0.39 is 0 Å². The van der Waals surface area contributed by atoms with Crippen molar-refractivity contribution in [3.05, 3.63) is 0 Å². The van der Waals surface area contributed by atoms with Gasteiger partial charge in [0.25, 0.3) is 0 Å². The third kappa shape index (κ3) is 3.42. The fraction of sp³-hybridized carbons (Fsp3) is 0.833. The number of nitrogens with two attached hydrogens (primary N) is 1. The van der Waals surface area contributed by atoms with E-state index in [0.717, 1.165) is 0 Å². The molecule has 0 aliphatic carbocycles. The molecule has 0 radical (unpaired) electrons. The first-order chi connectivity index (χ1) is 4.57. The second kappa shape index (κ2) is 4.24. The van der Waals surface area contributed by atoms with Crippen molar-refractivity contribution >= 4 is 5.97 Å². The number of ether oxygens (including phenoxy) is 1. The van der Waals surface area contributed by atoms with E-state index in [4.69, 9.17) is 10.5 Å². The van der Waals surface area contributed by atoms with Crippen molar-refractivity contribution in [2.45, 2.75) is 13.2 Å². The summed E-state index contributed by atoms with van der Waals surface area (Å²) in [7, 11) is 3.66. The molecule has 0 spiro atoms. The van der Waals surface area contributed by atoms with Crippen LogP contribution < -0.4 is 5.73 Å². The van der Waals surface area contributed by atoms with Crippen LogP contribution in [0.15, 0.2) is 0 Å². The molecule has 4 heteroatoms. The lowest BCUT2D eigenvalue weighted by Crippen LogP contribution is -2.32. The molecule has 1 unspecified atom stereocenters. The van der Waals surface area contributed by atoms with Crippen LogP contribution in [0.1, 0.15) is 6.92 Å². The lowest BCUT2D eigenvalue weighted by Gasteiger charge is -2.19. The Bertz CT molecular complexity index is 114. The smallest absolute Gasteiger partial charge is 0.321 e. The molecule has 0 aromatic rings. The Morgan fingerprint density at radius 3 is 2.50 bits per heavy atom. The summed E-state index contributed by atoms with van der Waals surface area (Å²) in [5, 5.41) is 0. The van der Waals surface area contributed by atoms with Crippen LogP contribution >= 0.6 is 0 Å². The molecule has 0 saturated heterocycles. The highest BCUT2D eigenvalue weighted by atomic mass is 16.6. The molecule has 0 aromatic heterocycles. The molecule has 4 nitrogen and oxygen atoms in total. The number of carbonyl (C=O) groups is 1. The van der Waals surface area contributed by atoms with E-state index in [1.165, 1.54) is 0 Å². The molecule has 0 heterocycles. The van der Waals surface area contributed by atoms with Gasteiger partial charge < -0.3 is 10.5 Å². The van der Waals surface area contributed by atoms with Gasteiger partial charge in [0.15, 0.2) is 6.23 Å². The van der Waals surface area contributed by atoms with Crippen LogP contribution in [0, 0.1) is 0 Å². The van der Waals surface area contributed by atoms with E-state index in [1.807, 2.05) is 14.1 Å². The van der Waals surface area contributed by atoms with Gasteiger partial charge in [0.1, 0.15) is 0 Å². The summed E-state index contributed by atoms with van der Waals surface area (Å²) in [6.45, 7) is 1.73. The first-order valence-electron chi connectivity index (χ1n) is 3.14. The van der Waals surface area contributed by atoms with Crippen LogP contribution in [-0.4, -0.2) is 37.7 Å². The Morgan fingerprint density at radius 1 is 1.70 bits per heavy atom. The van der Waals surface area contributed by atoms with Gasteiger partial charge in [-0.05, 0) is 21.0 Å². The van der Waals surface area contributed by atoms with E-state index in [0.29, 0.717) is 0 Å². The van der Waals surface area contributed by atoms with Gasteiger partial charge in [0.2, 0.25) is 0 Å². The third-order valence-electron chi connectivity index (χ3n) is 1.20. The SMILES string of the molecule is CC(OC(=O)CN)N(C)C. The second-order valence-electron chi connectivity index (χ2n) is 2.26. The van der Waals surface area contributed by atoms with E-state index >= 15 is 0 Å². The largest absolute Gasteiger partial charge is 0.446 e. The number of carbonyl (C=O) groups excluding carboxylic acids is 1. The Hall–Kier alpha value is -0.610. The number of hydrogen-bond acceptors (Lipinski definition) is 4. The quantitative estimate of drug-likeness (QED) is 0.426. The molecule has 0 fully saturated rings. The van der Waals surface area contributed by atoms with Crippen LogP contribution in [0.2, 0.25) is 0 Å². The Kier molecular flexibility index (Phi) is 3.99. The van der Waals surface area contributed by atoms with Gasteiger partial charge in [-0.3, -0.25) is 9.69 Å². The Balaban J connectivity index is 3.57. The van der Waals surface area contributed by atoms with Gasteiger partial charge in [0.05, 0.1) is 6.54 Å². The van der Waals surface area contributed by atoms with Crippen LogP contribution in [-0.2, 0) is 9.53 Å². The first kappa shape index (κ1) is 9.39. The molecule has 0 bridgehead atoms. The number of esters is 1. The van der Waals surface area contributed by atoms with Crippen molar-refractivity contribution in [1.29, 1.82) is 0 Å². The minimum atomic E-state index is -0.374. The van der Waals surface area contributed by atoms with Crippen molar-refractivity contribution < 1.29 is 9.53 Å². The molecule has 0 amide bonds. The van der Waals surface area contributed by atoms with E-state index in [-0.39, 0.29) is 18.7 Å². The maximum Gasteiger partial charge on any atom is 0.321 e. The van der Waals surface area contributed by atoms with Gasteiger partial charge >= 0.3 is 5.97 Å². The van der Waals surface area contributed by atoms with Crippen molar-refractivity contribution in [2.75, 3.05) is 20.6 Å². The maximum atomic E-state index is 10.6. The average Bonchev–Trinajstić information content (AvgIpc) is 1.87. The topological polar surface area (TPSA) is 55.6 Å². The zero-order chi connectivity index (χ0) is 8.15. The predicted octanol–water partition coefficient (Wildman–Crippen LogP) is -0.604. The van der Waals surface area contributed by atoms with Crippen molar-refractivity contribution in [3.8, 4) is 0 Å². The van der Waals surface area contributed by atoms with Gasteiger partial charge in [-0.15, -0.1) is 0 Å². The first-order valence-corrected chi connectivity index (χ1v) is 3.14. The highest BCUT2D eigenvalue weighted by Gasteiger charge is 2.08. The summed E-state index contributed by atoms with van der Waals surface area (Å²) in [5.74, 6) is -0.374. The van der Waals surface area contributed by atoms with Gasteiger partial charge in [-0.1, -0.05) is 0 Å². The number of nitrogens with zero attached hydrogens (tertiary/aromatic N) is 1. The molecule has 0 aliphatic heterocycles. The monoisotopic (exact) mass is 146 g/mol. The van der Waals surface area contributed by atoms with Gasteiger partial charge in [-0.2, -0.15) is 0 Å². The predicted molar refractivity (Wildman–Crippen MR) is 38.3 cm³/mol. The van der Waals surface area contributed by atoms with Crippen LogP contribution in [0.4, 0.5) is 0 Å². The summed E-state index contributed by atoms with van der Waals surface area (Å²) in [4.78, 5) is 12.3. The van der Waals surface area contributed by atoms with E-state index in [2.05, 4.69) is 0 Å². The molecular weight excluding hydrogens is 132 g/mol. The van der Waals surface area contributed by atoms with Gasteiger partial charge in [-0.25, -0.2) is 0 Å². The van der Waals surface area contributed by atoms with E-state index in [9.17, 15) is 4.79 Å². The number of rotatable bonds is 3. The van der Waals surface area contributed by atoms with E-state index in [1.54, 1.807) is 11.8 Å². The lowest BCUT2D eigenvalue weighted by atomic mass is 10.6. The fourth-order valence-electron chi connectivity index (χ4n) is 0.344. The molecule has 0 aliphatic rings. The minimum absolute atomic E-state index is 0.0574. The average molecular weight is 146 g/mol. The summed E-state index contributed by atoms with van der Waals surface area (Å²) >= 11 is 0. The molecule has 2 N–H and O–H groups in total. The number of hydrogen-bond donors (Lipinski definition) is 1. The molecule has 10 heavy (non-hydrogen) atoms. The van der Waals surface area contributed by atoms with Gasteiger partial charge in [0, 0.05) is 0 Å². The summed E-state index contributed by atoms with van der Waals surface area (Å²) in [5.41, 5.74) is 5.03. The van der Waals surface area contributed by atoms with Crippen molar-refractivity contribution in [1.82, 2.24) is 4.90 Å². The second-order valence-corrected chi connectivity index (χ2v) is 2.26. The molecule has 0 aromatic carbocycles. The Morgan fingerprint density at radius 2 is 2.20 bits per heavy atom. The highest BCUT2D eigenvalue weighted by molar-refractivity contribution is 5.71. The molecule has 0 rings (SSSR count). The van der Waals surface area contributed by atoms with Crippen LogP contribution in [0.25, 0.3) is 0 Å². The zero-order valence-electron chi connectivity index (χ0n) is 6.63. The van der Waals surface area contributed by atoms with Crippen molar-refractivity contribution in [2.24, 2.45) is 5.73 Å². The summed E-state index contributed by atoms with van der Waals surface area (Å²) < 4.78 is 4.82. The fourth-order valence-corrected chi connectivity index (χ4v) is 0.344. The summed E-state index contributed by atoms with van der Waals surface area (Å²) in [6, 6.07) is 0. The molecule has 60 valence electrons. The van der Waals surface area contributed by atoms with Crippen molar-refractivity contribution in [3.63, 3.8) is 0 Å². The van der Waals surface area contributed by atoms with Crippen LogP contribution in [0.3, 0.4) is 0 Å². The molecular formula is C6H14N2O2. The molecule has 1 atom stereocenters. The minimum Gasteiger partial charge on any atom is -0.446 e.